The number of hydrogen-bond donors (Lipinski definition) is 1. The lowest BCUT2D eigenvalue weighted by molar-refractivity contribution is -0.137. The van der Waals surface area contributed by atoms with E-state index >= 15 is 0 Å². The van der Waals surface area contributed by atoms with Crippen LogP contribution in [0.15, 0.2) is 78.9 Å². The van der Waals surface area contributed by atoms with E-state index in [1.807, 2.05) is 49.4 Å². The summed E-state index contributed by atoms with van der Waals surface area (Å²) in [5.74, 6) is -0.294. The molecule has 0 spiro atoms. The second-order valence-corrected chi connectivity index (χ2v) is 9.02. The van der Waals surface area contributed by atoms with Gasteiger partial charge in [-0.05, 0) is 53.9 Å². The Balaban J connectivity index is 1.49. The van der Waals surface area contributed by atoms with Gasteiger partial charge in [0.2, 0.25) is 11.8 Å². The number of amides is 2. The molecule has 1 heterocycles. The van der Waals surface area contributed by atoms with Crippen LogP contribution in [0.25, 0.3) is 0 Å². The van der Waals surface area contributed by atoms with E-state index in [-0.39, 0.29) is 28.9 Å². The van der Waals surface area contributed by atoms with Crippen molar-refractivity contribution < 1.29 is 22.8 Å². The van der Waals surface area contributed by atoms with Gasteiger partial charge in [-0.2, -0.15) is 13.2 Å². The van der Waals surface area contributed by atoms with Crippen LogP contribution in [0.3, 0.4) is 0 Å². The molecule has 0 unspecified atom stereocenters. The Hall–Kier alpha value is -3.26. The first kappa shape index (κ1) is 23.9. The van der Waals surface area contributed by atoms with Gasteiger partial charge in [-0.3, -0.25) is 14.5 Å². The summed E-state index contributed by atoms with van der Waals surface area (Å²) in [7, 11) is 0. The quantitative estimate of drug-likeness (QED) is 0.428. The molecule has 2 amide bonds. The van der Waals surface area contributed by atoms with Crippen molar-refractivity contribution in [1.29, 1.82) is 0 Å². The number of anilines is 2. The normalized spacial score (nSPS) is 17.0. The zero-order valence-electron chi connectivity index (χ0n) is 18.4. The van der Waals surface area contributed by atoms with Gasteiger partial charge in [-0.15, -0.1) is 11.8 Å². The maximum Gasteiger partial charge on any atom is 0.416 e. The van der Waals surface area contributed by atoms with Crippen molar-refractivity contribution >= 4 is 35.0 Å². The highest BCUT2D eigenvalue weighted by Gasteiger charge is 2.35. The summed E-state index contributed by atoms with van der Waals surface area (Å²) in [5, 5.41) is 2.59. The first-order chi connectivity index (χ1) is 16.3. The summed E-state index contributed by atoms with van der Waals surface area (Å²) >= 11 is 1.41. The fourth-order valence-corrected chi connectivity index (χ4v) is 5.16. The molecule has 34 heavy (non-hydrogen) atoms. The number of thioether (sulfide) groups is 1. The van der Waals surface area contributed by atoms with Gasteiger partial charge >= 0.3 is 6.18 Å². The predicted octanol–water partition coefficient (Wildman–Crippen LogP) is 6.62. The van der Waals surface area contributed by atoms with E-state index < -0.39 is 11.7 Å². The molecule has 0 bridgehead atoms. The Morgan fingerprint density at radius 1 is 1.03 bits per heavy atom. The number of nitrogens with one attached hydrogen (secondary N) is 1. The molecule has 3 aromatic carbocycles. The first-order valence-electron chi connectivity index (χ1n) is 10.8. The Morgan fingerprint density at radius 3 is 2.26 bits per heavy atom. The summed E-state index contributed by atoms with van der Waals surface area (Å²) in [6.45, 7) is 1.96. The lowest BCUT2D eigenvalue weighted by atomic mass is 9.95. The Labute approximate surface area is 200 Å². The molecule has 1 N–H and O–H groups in total. The monoisotopic (exact) mass is 484 g/mol. The Morgan fingerprint density at radius 2 is 1.68 bits per heavy atom. The standard InChI is InChI=1S/C26H23F3N2O2S/c1-2-22(17-6-4-3-5-7-17)24(33)30-20-12-8-18(9-13-20)25-31(23(32)16-34-25)21-14-10-19(11-15-21)26(27,28)29/h3-15,22,25H,2,16H2,1H3,(H,30,33)/t22-,25-/m1/s1. The SMILES string of the molecule is CC[C@@H](C(=O)Nc1ccc([C@H]2SCC(=O)N2c2ccc(C(F)(F)F)cc2)cc1)c1ccccc1. The van der Waals surface area contributed by atoms with Gasteiger partial charge in [-0.25, -0.2) is 0 Å². The van der Waals surface area contributed by atoms with Gasteiger partial charge in [0.25, 0.3) is 0 Å². The summed E-state index contributed by atoms with van der Waals surface area (Å²) in [6.07, 6.45) is -3.77. The van der Waals surface area contributed by atoms with Crippen LogP contribution in [0.5, 0.6) is 0 Å². The van der Waals surface area contributed by atoms with E-state index in [2.05, 4.69) is 5.32 Å². The number of carbonyl (C=O) groups is 2. The number of benzene rings is 3. The third-order valence-corrected chi connectivity index (χ3v) is 6.94. The van der Waals surface area contributed by atoms with Crippen molar-refractivity contribution in [2.24, 2.45) is 0 Å². The number of rotatable bonds is 6. The summed E-state index contributed by atoms with van der Waals surface area (Å²) in [6, 6.07) is 21.4. The highest BCUT2D eigenvalue weighted by atomic mass is 32.2. The minimum absolute atomic E-state index is 0.0988. The van der Waals surface area contributed by atoms with Crippen LogP contribution in [0.1, 0.15) is 41.3 Å². The van der Waals surface area contributed by atoms with Crippen molar-refractivity contribution in [2.45, 2.75) is 30.8 Å². The third kappa shape index (κ3) is 5.12. The van der Waals surface area contributed by atoms with Crippen molar-refractivity contribution in [3.8, 4) is 0 Å². The van der Waals surface area contributed by atoms with E-state index in [0.29, 0.717) is 17.8 Å². The maximum absolute atomic E-state index is 12.9. The number of halogens is 3. The molecule has 8 heteroatoms. The van der Waals surface area contributed by atoms with Gasteiger partial charge < -0.3 is 5.32 Å². The number of alkyl halides is 3. The van der Waals surface area contributed by atoms with E-state index in [0.717, 1.165) is 23.3 Å². The average molecular weight is 485 g/mol. The van der Waals surface area contributed by atoms with E-state index in [4.69, 9.17) is 0 Å². The lowest BCUT2D eigenvalue weighted by Gasteiger charge is -2.25. The Kier molecular flexibility index (Phi) is 6.97. The molecule has 0 radical (unpaired) electrons. The predicted molar refractivity (Wildman–Crippen MR) is 129 cm³/mol. The van der Waals surface area contributed by atoms with Gasteiger partial charge in [0.15, 0.2) is 0 Å². The van der Waals surface area contributed by atoms with Crippen LogP contribution in [0, 0.1) is 0 Å². The van der Waals surface area contributed by atoms with E-state index in [9.17, 15) is 22.8 Å². The zero-order valence-corrected chi connectivity index (χ0v) is 19.2. The second-order valence-electron chi connectivity index (χ2n) is 7.95. The molecule has 4 nitrogen and oxygen atoms in total. The van der Waals surface area contributed by atoms with Crippen LogP contribution < -0.4 is 10.2 Å². The van der Waals surface area contributed by atoms with Crippen LogP contribution >= 0.6 is 11.8 Å². The van der Waals surface area contributed by atoms with Gasteiger partial charge in [-0.1, -0.05) is 49.4 Å². The number of carbonyl (C=O) groups excluding carboxylic acids is 2. The largest absolute Gasteiger partial charge is 0.416 e. The maximum atomic E-state index is 12.9. The second kappa shape index (κ2) is 9.93. The number of hydrogen-bond acceptors (Lipinski definition) is 3. The third-order valence-electron chi connectivity index (χ3n) is 5.73. The molecule has 1 saturated heterocycles. The summed E-state index contributed by atoms with van der Waals surface area (Å²) in [5.41, 5.74) is 2.07. The van der Waals surface area contributed by atoms with Crippen LogP contribution in [0.4, 0.5) is 24.5 Å². The summed E-state index contributed by atoms with van der Waals surface area (Å²) < 4.78 is 38.7. The zero-order chi connectivity index (χ0) is 24.3. The molecule has 1 fully saturated rings. The molecule has 0 saturated carbocycles. The highest BCUT2D eigenvalue weighted by Crippen LogP contribution is 2.42. The van der Waals surface area contributed by atoms with Crippen molar-refractivity contribution in [3.05, 3.63) is 95.6 Å². The molecule has 0 aliphatic carbocycles. The molecule has 3 aromatic rings. The van der Waals surface area contributed by atoms with Crippen molar-refractivity contribution in [3.63, 3.8) is 0 Å². The van der Waals surface area contributed by atoms with Gasteiger partial charge in [0, 0.05) is 11.4 Å². The molecule has 1 aliphatic rings. The molecule has 176 valence electrons. The minimum Gasteiger partial charge on any atom is -0.326 e. The fraction of sp³-hybridized carbons (Fsp3) is 0.231. The molecular weight excluding hydrogens is 461 g/mol. The molecule has 2 atom stereocenters. The van der Waals surface area contributed by atoms with Crippen LogP contribution in [-0.2, 0) is 15.8 Å². The first-order valence-corrected chi connectivity index (χ1v) is 11.9. The van der Waals surface area contributed by atoms with Crippen molar-refractivity contribution in [2.75, 3.05) is 16.0 Å². The fourth-order valence-electron chi connectivity index (χ4n) is 3.98. The smallest absolute Gasteiger partial charge is 0.326 e. The lowest BCUT2D eigenvalue weighted by Crippen LogP contribution is -2.27. The number of nitrogens with zero attached hydrogens (tertiary/aromatic N) is 1. The van der Waals surface area contributed by atoms with E-state index in [1.54, 1.807) is 12.1 Å². The van der Waals surface area contributed by atoms with Gasteiger partial charge in [0.05, 0.1) is 17.2 Å². The highest BCUT2D eigenvalue weighted by molar-refractivity contribution is 8.00. The van der Waals surface area contributed by atoms with Crippen LogP contribution in [0.2, 0.25) is 0 Å². The minimum atomic E-state index is -4.43. The average Bonchev–Trinajstić information content (AvgIpc) is 3.21. The van der Waals surface area contributed by atoms with Crippen molar-refractivity contribution in [1.82, 2.24) is 0 Å². The van der Waals surface area contributed by atoms with E-state index in [1.165, 1.54) is 28.8 Å². The molecule has 0 aromatic heterocycles. The van der Waals surface area contributed by atoms with Crippen LogP contribution in [-0.4, -0.2) is 17.6 Å². The Bertz CT molecular complexity index is 1150. The molecular formula is C26H23F3N2O2S. The summed E-state index contributed by atoms with van der Waals surface area (Å²) in [4.78, 5) is 26.9. The molecule has 4 rings (SSSR count). The topological polar surface area (TPSA) is 49.4 Å². The van der Waals surface area contributed by atoms with Gasteiger partial charge in [0.1, 0.15) is 5.37 Å². The molecule has 1 aliphatic heterocycles.